The summed E-state index contributed by atoms with van der Waals surface area (Å²) in [4.78, 5) is 13.5. The fourth-order valence-electron chi connectivity index (χ4n) is 4.25. The van der Waals surface area contributed by atoms with Crippen LogP contribution in [0.3, 0.4) is 0 Å². The first kappa shape index (κ1) is 26.0. The number of carboxylic acid groups (broad SMARTS) is 1. The molecule has 0 aliphatic carbocycles. The number of aliphatic carboxylic acids is 1. The zero-order chi connectivity index (χ0) is 26.6. The quantitative estimate of drug-likeness (QED) is 0.279. The molecule has 0 heterocycles. The number of benzene rings is 4. The second-order valence-corrected chi connectivity index (χ2v) is 10.3. The Morgan fingerprint density at radius 3 is 2.35 bits per heavy atom. The monoisotopic (exact) mass is 522 g/mol. The van der Waals surface area contributed by atoms with Gasteiger partial charge in [0.25, 0.3) is 10.0 Å². The number of anilines is 2. The first-order valence-corrected chi connectivity index (χ1v) is 13.1. The van der Waals surface area contributed by atoms with Crippen LogP contribution in [0.1, 0.15) is 18.9 Å². The van der Waals surface area contributed by atoms with Crippen LogP contribution in [0.15, 0.2) is 89.8 Å². The molecule has 0 aromatic heterocycles. The van der Waals surface area contributed by atoms with Crippen LogP contribution in [-0.2, 0) is 21.4 Å². The van der Waals surface area contributed by atoms with Crippen LogP contribution in [0.25, 0.3) is 10.8 Å². The van der Waals surface area contributed by atoms with Crippen LogP contribution in [0.2, 0.25) is 0 Å². The van der Waals surface area contributed by atoms with Gasteiger partial charge in [-0.15, -0.1) is 0 Å². The Bertz CT molecular complexity index is 1520. The topological polar surface area (TPSA) is 95.9 Å². The minimum atomic E-state index is -3.89. The summed E-state index contributed by atoms with van der Waals surface area (Å²) in [5, 5.41) is 10.8. The van der Waals surface area contributed by atoms with Crippen LogP contribution < -0.4 is 14.4 Å². The van der Waals surface area contributed by atoms with Gasteiger partial charge >= 0.3 is 5.97 Å². The van der Waals surface area contributed by atoms with Gasteiger partial charge in [-0.25, -0.2) is 12.8 Å². The third-order valence-corrected chi connectivity index (χ3v) is 7.45. The van der Waals surface area contributed by atoms with E-state index in [-0.39, 0.29) is 23.7 Å². The average Bonchev–Trinajstić information content (AvgIpc) is 2.87. The van der Waals surface area contributed by atoms with E-state index < -0.39 is 22.0 Å². The van der Waals surface area contributed by atoms with E-state index in [1.165, 1.54) is 31.4 Å². The lowest BCUT2D eigenvalue weighted by atomic mass is 10.0. The number of hydrogen-bond acceptors (Lipinski definition) is 5. The van der Waals surface area contributed by atoms with Crippen LogP contribution in [0.4, 0.5) is 15.8 Å². The fourth-order valence-corrected chi connectivity index (χ4v) is 5.33. The number of ether oxygens (including phenoxy) is 1. The Morgan fingerprint density at radius 1 is 1.00 bits per heavy atom. The molecule has 37 heavy (non-hydrogen) atoms. The van der Waals surface area contributed by atoms with Crippen LogP contribution >= 0.6 is 0 Å². The van der Waals surface area contributed by atoms with Gasteiger partial charge in [-0.05, 0) is 61.0 Å². The minimum absolute atomic E-state index is 0.0873. The van der Waals surface area contributed by atoms with Crippen molar-refractivity contribution in [2.75, 3.05) is 16.7 Å². The molecule has 4 aromatic rings. The molecule has 0 saturated carbocycles. The molecule has 7 nitrogen and oxygen atoms in total. The molecular formula is C28H27FN2O5S. The summed E-state index contributed by atoms with van der Waals surface area (Å²) in [6, 6.07) is 22.5. The second kappa shape index (κ2) is 10.9. The van der Waals surface area contributed by atoms with Crippen molar-refractivity contribution in [2.45, 2.75) is 30.8 Å². The predicted molar refractivity (Wildman–Crippen MR) is 142 cm³/mol. The lowest BCUT2D eigenvalue weighted by Crippen LogP contribution is -2.34. The molecule has 0 saturated heterocycles. The van der Waals surface area contributed by atoms with E-state index in [2.05, 4.69) is 4.72 Å². The number of rotatable bonds is 10. The molecular weight excluding hydrogens is 495 g/mol. The largest absolute Gasteiger partial charge is 0.497 e. The molecule has 4 rings (SSSR count). The third kappa shape index (κ3) is 6.00. The van der Waals surface area contributed by atoms with Gasteiger partial charge in [-0.3, -0.25) is 9.52 Å². The van der Waals surface area contributed by atoms with Gasteiger partial charge in [-0.1, -0.05) is 36.4 Å². The standard InChI is InChI=1S/C28H27FN2O5S/c1-19(16-28(32)33)31(18-20-6-5-7-21(29)17-20)27-15-14-26(24-8-3-4-9-25(24)27)30-37(34,35)23-12-10-22(36-2)11-13-23/h3-15,17,19,30H,16,18H2,1-2H3,(H,32,33)/t19-/m0/s1. The molecule has 9 heteroatoms. The number of nitrogens with one attached hydrogen (secondary N) is 1. The SMILES string of the molecule is COc1ccc(S(=O)(=O)Nc2ccc(N(Cc3cccc(F)c3)[C@@H](C)CC(=O)O)c3ccccc23)cc1. The van der Waals surface area contributed by atoms with E-state index in [1.807, 2.05) is 17.0 Å². The molecule has 0 fully saturated rings. The average molecular weight is 523 g/mol. The molecule has 2 N–H and O–H groups in total. The lowest BCUT2D eigenvalue weighted by Gasteiger charge is -2.32. The summed E-state index contributed by atoms with van der Waals surface area (Å²) in [6.45, 7) is 2.07. The molecule has 0 aliphatic rings. The van der Waals surface area contributed by atoms with E-state index in [1.54, 1.807) is 55.5 Å². The van der Waals surface area contributed by atoms with Gasteiger partial charge in [0, 0.05) is 29.0 Å². The van der Waals surface area contributed by atoms with Crippen molar-refractivity contribution < 1.29 is 27.4 Å². The Kier molecular flexibility index (Phi) is 7.63. The fraction of sp³-hybridized carbons (Fsp3) is 0.179. The summed E-state index contributed by atoms with van der Waals surface area (Å²) < 4.78 is 47.9. The highest BCUT2D eigenvalue weighted by molar-refractivity contribution is 7.92. The van der Waals surface area contributed by atoms with Crippen molar-refractivity contribution in [3.63, 3.8) is 0 Å². The molecule has 1 atom stereocenters. The molecule has 0 radical (unpaired) electrons. The molecule has 0 unspecified atom stereocenters. The predicted octanol–water partition coefficient (Wildman–Crippen LogP) is 5.66. The second-order valence-electron chi connectivity index (χ2n) is 8.66. The Labute approximate surface area is 215 Å². The lowest BCUT2D eigenvalue weighted by molar-refractivity contribution is -0.137. The van der Waals surface area contributed by atoms with Crippen molar-refractivity contribution in [3.8, 4) is 5.75 Å². The first-order chi connectivity index (χ1) is 17.7. The Balaban J connectivity index is 1.76. The van der Waals surface area contributed by atoms with E-state index >= 15 is 0 Å². The smallest absolute Gasteiger partial charge is 0.305 e. The number of carbonyl (C=O) groups is 1. The molecule has 0 amide bonds. The minimum Gasteiger partial charge on any atom is -0.497 e. The summed E-state index contributed by atoms with van der Waals surface area (Å²) in [6.07, 6.45) is -0.129. The number of sulfonamides is 1. The highest BCUT2D eigenvalue weighted by Crippen LogP contribution is 2.35. The molecule has 0 aliphatic heterocycles. The van der Waals surface area contributed by atoms with Crippen molar-refractivity contribution in [3.05, 3.63) is 96.3 Å². The zero-order valence-corrected chi connectivity index (χ0v) is 21.2. The Hall–Kier alpha value is -4.11. The molecule has 4 aromatic carbocycles. The van der Waals surface area contributed by atoms with Crippen molar-refractivity contribution >= 4 is 38.1 Å². The number of hydrogen-bond donors (Lipinski definition) is 2. The zero-order valence-electron chi connectivity index (χ0n) is 20.4. The van der Waals surface area contributed by atoms with E-state index in [4.69, 9.17) is 4.74 Å². The third-order valence-electron chi connectivity index (χ3n) is 6.07. The summed E-state index contributed by atoms with van der Waals surface area (Å²) in [5.41, 5.74) is 1.78. The van der Waals surface area contributed by atoms with Gasteiger partial charge < -0.3 is 14.7 Å². The summed E-state index contributed by atoms with van der Waals surface area (Å²) in [7, 11) is -2.38. The maximum absolute atomic E-state index is 13.9. The van der Waals surface area contributed by atoms with Crippen molar-refractivity contribution in [2.24, 2.45) is 0 Å². The van der Waals surface area contributed by atoms with Gasteiger partial charge in [0.15, 0.2) is 0 Å². The number of fused-ring (bicyclic) bond motifs is 1. The van der Waals surface area contributed by atoms with Gasteiger partial charge in [0.1, 0.15) is 11.6 Å². The normalized spacial score (nSPS) is 12.2. The number of methoxy groups -OCH3 is 1. The van der Waals surface area contributed by atoms with E-state index in [9.17, 15) is 22.7 Å². The van der Waals surface area contributed by atoms with E-state index in [0.717, 1.165) is 5.39 Å². The number of carboxylic acids is 1. The maximum Gasteiger partial charge on any atom is 0.305 e. The first-order valence-electron chi connectivity index (χ1n) is 11.6. The number of halogens is 1. The summed E-state index contributed by atoms with van der Waals surface area (Å²) >= 11 is 0. The van der Waals surface area contributed by atoms with Gasteiger partial charge in [0.05, 0.1) is 24.1 Å². The highest BCUT2D eigenvalue weighted by atomic mass is 32.2. The Morgan fingerprint density at radius 2 is 1.70 bits per heavy atom. The van der Waals surface area contributed by atoms with Crippen LogP contribution in [0, 0.1) is 5.82 Å². The van der Waals surface area contributed by atoms with E-state index in [0.29, 0.717) is 28.1 Å². The molecule has 0 spiro atoms. The molecule has 192 valence electrons. The van der Waals surface area contributed by atoms with Crippen LogP contribution in [-0.4, -0.2) is 32.6 Å². The van der Waals surface area contributed by atoms with Crippen molar-refractivity contribution in [1.82, 2.24) is 0 Å². The van der Waals surface area contributed by atoms with Gasteiger partial charge in [0.2, 0.25) is 0 Å². The maximum atomic E-state index is 13.9. The van der Waals surface area contributed by atoms with Gasteiger partial charge in [-0.2, -0.15) is 0 Å². The van der Waals surface area contributed by atoms with Crippen molar-refractivity contribution in [1.29, 1.82) is 0 Å². The number of nitrogens with zero attached hydrogens (tertiary/aromatic N) is 1. The molecule has 0 bridgehead atoms. The summed E-state index contributed by atoms with van der Waals surface area (Å²) in [5.74, 6) is -0.788. The van der Waals surface area contributed by atoms with Crippen LogP contribution in [0.5, 0.6) is 5.75 Å². The highest BCUT2D eigenvalue weighted by Gasteiger charge is 2.22.